The predicted octanol–water partition coefficient (Wildman–Crippen LogP) is 4.54. The first-order valence-electron chi connectivity index (χ1n) is 10.2. The van der Waals surface area contributed by atoms with E-state index in [0.717, 1.165) is 78.2 Å². The molecule has 2 aliphatic rings. The van der Waals surface area contributed by atoms with Crippen LogP contribution in [0, 0.1) is 0 Å². The SMILES string of the molecule is c1ccc(Oc2cccc3cc(C4=NC(CCN5CCOCC5)CS4)[nH]c23)cc1. The summed E-state index contributed by atoms with van der Waals surface area (Å²) in [7, 11) is 0. The number of hydrogen-bond donors (Lipinski definition) is 1. The van der Waals surface area contributed by atoms with E-state index in [1.54, 1.807) is 0 Å². The van der Waals surface area contributed by atoms with Crippen LogP contribution < -0.4 is 4.74 Å². The number of H-pyrrole nitrogens is 1. The molecule has 0 radical (unpaired) electrons. The lowest BCUT2D eigenvalue weighted by atomic mass is 10.2. The van der Waals surface area contributed by atoms with Crippen LogP contribution in [-0.2, 0) is 4.74 Å². The molecule has 1 unspecified atom stereocenters. The fourth-order valence-corrected chi connectivity index (χ4v) is 4.89. The molecule has 1 fully saturated rings. The first-order chi connectivity index (χ1) is 14.3. The van der Waals surface area contributed by atoms with Gasteiger partial charge in [0.25, 0.3) is 0 Å². The highest BCUT2D eigenvalue weighted by molar-refractivity contribution is 8.14. The fourth-order valence-electron chi connectivity index (χ4n) is 3.81. The maximum Gasteiger partial charge on any atom is 0.151 e. The lowest BCUT2D eigenvalue weighted by molar-refractivity contribution is 0.0369. The third kappa shape index (κ3) is 4.34. The number of rotatable bonds is 6. The lowest BCUT2D eigenvalue weighted by Gasteiger charge is -2.26. The van der Waals surface area contributed by atoms with Crippen LogP contribution in [0.15, 0.2) is 59.6 Å². The van der Waals surface area contributed by atoms with Crippen LogP contribution in [0.3, 0.4) is 0 Å². The van der Waals surface area contributed by atoms with Gasteiger partial charge in [-0.05, 0) is 30.7 Å². The van der Waals surface area contributed by atoms with E-state index in [1.165, 1.54) is 0 Å². The van der Waals surface area contributed by atoms with Crippen molar-refractivity contribution in [2.75, 3.05) is 38.6 Å². The summed E-state index contributed by atoms with van der Waals surface area (Å²) >= 11 is 1.85. The molecule has 3 aromatic rings. The number of aliphatic imine (C=N–C) groups is 1. The van der Waals surface area contributed by atoms with Gasteiger partial charge in [-0.3, -0.25) is 9.89 Å². The van der Waals surface area contributed by atoms with Crippen molar-refractivity contribution in [1.29, 1.82) is 0 Å². The zero-order chi connectivity index (χ0) is 19.5. The minimum Gasteiger partial charge on any atom is -0.455 e. The van der Waals surface area contributed by atoms with Crippen LogP contribution in [-0.4, -0.2) is 59.6 Å². The van der Waals surface area contributed by atoms with Gasteiger partial charge in [0.1, 0.15) is 10.8 Å². The maximum absolute atomic E-state index is 6.10. The Morgan fingerprint density at radius 1 is 1.10 bits per heavy atom. The fraction of sp³-hybridized carbons (Fsp3) is 0.348. The molecule has 3 heterocycles. The van der Waals surface area contributed by atoms with E-state index in [4.69, 9.17) is 14.5 Å². The zero-order valence-electron chi connectivity index (χ0n) is 16.3. The number of fused-ring (bicyclic) bond motifs is 1. The number of ether oxygens (including phenoxy) is 2. The van der Waals surface area contributed by atoms with Gasteiger partial charge in [0, 0.05) is 30.8 Å². The van der Waals surface area contributed by atoms with Gasteiger partial charge in [-0.2, -0.15) is 0 Å². The smallest absolute Gasteiger partial charge is 0.151 e. The van der Waals surface area contributed by atoms with Crippen molar-refractivity contribution >= 4 is 27.7 Å². The van der Waals surface area contributed by atoms with Gasteiger partial charge in [-0.25, -0.2) is 0 Å². The molecule has 150 valence electrons. The summed E-state index contributed by atoms with van der Waals surface area (Å²) in [5, 5.41) is 2.26. The molecule has 0 aliphatic carbocycles. The first kappa shape index (κ1) is 18.7. The summed E-state index contributed by atoms with van der Waals surface area (Å²) in [6, 6.07) is 18.6. The van der Waals surface area contributed by atoms with Gasteiger partial charge in [-0.15, -0.1) is 11.8 Å². The molecular weight excluding hydrogens is 382 g/mol. The summed E-state index contributed by atoms with van der Waals surface area (Å²) in [4.78, 5) is 11.0. The number of aromatic amines is 1. The van der Waals surface area contributed by atoms with Crippen LogP contribution in [0.25, 0.3) is 10.9 Å². The molecule has 0 saturated carbocycles. The Labute approximate surface area is 175 Å². The molecule has 0 spiro atoms. The molecule has 0 amide bonds. The van der Waals surface area contributed by atoms with Crippen molar-refractivity contribution in [2.45, 2.75) is 12.5 Å². The molecular formula is C23H25N3O2S. The molecule has 1 atom stereocenters. The number of nitrogens with one attached hydrogen (secondary N) is 1. The molecule has 5 rings (SSSR count). The van der Waals surface area contributed by atoms with E-state index < -0.39 is 0 Å². The number of thioether (sulfide) groups is 1. The molecule has 1 N–H and O–H groups in total. The largest absolute Gasteiger partial charge is 0.455 e. The second-order valence-corrected chi connectivity index (χ2v) is 8.47. The molecule has 5 nitrogen and oxygen atoms in total. The standard InChI is InChI=1S/C23H25N3O2S/c1-2-6-19(7-3-1)28-21-8-4-5-17-15-20(25-22(17)21)23-24-18(16-29-23)9-10-26-11-13-27-14-12-26/h1-8,15,18,25H,9-14,16H2. The highest BCUT2D eigenvalue weighted by Gasteiger charge is 2.22. The van der Waals surface area contributed by atoms with Gasteiger partial charge in [0.2, 0.25) is 0 Å². The summed E-state index contributed by atoms with van der Waals surface area (Å²) in [5.41, 5.74) is 2.11. The van der Waals surface area contributed by atoms with Gasteiger partial charge < -0.3 is 14.5 Å². The Bertz CT molecular complexity index is 996. The molecule has 0 bridgehead atoms. The third-order valence-corrected chi connectivity index (χ3v) is 6.56. The van der Waals surface area contributed by atoms with Gasteiger partial charge >= 0.3 is 0 Å². The van der Waals surface area contributed by atoms with Crippen molar-refractivity contribution < 1.29 is 9.47 Å². The topological polar surface area (TPSA) is 49.9 Å². The summed E-state index contributed by atoms with van der Waals surface area (Å²) in [6.07, 6.45) is 1.11. The van der Waals surface area contributed by atoms with Crippen molar-refractivity contribution in [3.8, 4) is 11.5 Å². The van der Waals surface area contributed by atoms with E-state index in [-0.39, 0.29) is 0 Å². The summed E-state index contributed by atoms with van der Waals surface area (Å²) in [6.45, 7) is 4.91. The summed E-state index contributed by atoms with van der Waals surface area (Å²) in [5.74, 6) is 2.74. The number of nitrogens with zero attached hydrogens (tertiary/aromatic N) is 2. The minimum absolute atomic E-state index is 0.393. The number of morpholine rings is 1. The van der Waals surface area contributed by atoms with Crippen LogP contribution in [0.5, 0.6) is 11.5 Å². The van der Waals surface area contributed by atoms with E-state index in [2.05, 4.69) is 22.0 Å². The number of aromatic nitrogens is 1. The Balaban J connectivity index is 1.30. The second kappa shape index (κ2) is 8.61. The van der Waals surface area contributed by atoms with Crippen molar-refractivity contribution in [1.82, 2.24) is 9.88 Å². The van der Waals surface area contributed by atoms with E-state index in [1.807, 2.05) is 54.2 Å². The molecule has 29 heavy (non-hydrogen) atoms. The second-order valence-electron chi connectivity index (χ2n) is 7.46. The highest BCUT2D eigenvalue weighted by Crippen LogP contribution is 2.32. The van der Waals surface area contributed by atoms with Crippen molar-refractivity contribution in [3.05, 3.63) is 60.3 Å². The molecule has 6 heteroatoms. The Morgan fingerprint density at radius 3 is 2.83 bits per heavy atom. The molecule has 2 aromatic carbocycles. The van der Waals surface area contributed by atoms with E-state index in [9.17, 15) is 0 Å². The molecule has 1 aromatic heterocycles. The normalized spacial score (nSPS) is 20.1. The van der Waals surface area contributed by atoms with Crippen LogP contribution in [0.1, 0.15) is 12.1 Å². The monoisotopic (exact) mass is 407 g/mol. The number of para-hydroxylation sites is 2. The quantitative estimate of drug-likeness (QED) is 0.652. The molecule has 2 aliphatic heterocycles. The Hall–Kier alpha value is -2.28. The minimum atomic E-state index is 0.393. The predicted molar refractivity (Wildman–Crippen MR) is 119 cm³/mol. The Kier molecular flexibility index (Phi) is 5.56. The summed E-state index contributed by atoms with van der Waals surface area (Å²) < 4.78 is 11.5. The van der Waals surface area contributed by atoms with Crippen molar-refractivity contribution in [3.63, 3.8) is 0 Å². The third-order valence-electron chi connectivity index (χ3n) is 5.41. The van der Waals surface area contributed by atoms with E-state index >= 15 is 0 Å². The molecule has 1 saturated heterocycles. The maximum atomic E-state index is 6.10. The van der Waals surface area contributed by atoms with Gasteiger partial charge in [0.15, 0.2) is 5.75 Å². The van der Waals surface area contributed by atoms with Crippen LogP contribution in [0.4, 0.5) is 0 Å². The lowest BCUT2D eigenvalue weighted by Crippen LogP contribution is -2.37. The zero-order valence-corrected chi connectivity index (χ0v) is 17.2. The van der Waals surface area contributed by atoms with Gasteiger partial charge in [-0.1, -0.05) is 30.3 Å². The first-order valence-corrected chi connectivity index (χ1v) is 11.2. The van der Waals surface area contributed by atoms with E-state index in [0.29, 0.717) is 6.04 Å². The van der Waals surface area contributed by atoms with Crippen LogP contribution in [0.2, 0.25) is 0 Å². The Morgan fingerprint density at radius 2 is 1.97 bits per heavy atom. The number of hydrogen-bond acceptors (Lipinski definition) is 5. The number of benzene rings is 2. The highest BCUT2D eigenvalue weighted by atomic mass is 32.2. The average molecular weight is 408 g/mol. The van der Waals surface area contributed by atoms with Crippen molar-refractivity contribution in [2.24, 2.45) is 4.99 Å². The van der Waals surface area contributed by atoms with Gasteiger partial charge in [0.05, 0.1) is 30.5 Å². The van der Waals surface area contributed by atoms with Crippen LogP contribution >= 0.6 is 11.8 Å². The average Bonchev–Trinajstić information content (AvgIpc) is 3.41.